The maximum absolute atomic E-state index is 11.7. The standard InChI is InChI=1S/C16H18O5/c1-10-13-7-6-12(16(19)20-2)5-3-4-11(9-17)8-14(13)21-15(10)18/h5,8-9,13-14H,1,3-4,6-7H2,2H3. The first-order chi connectivity index (χ1) is 10.1. The SMILES string of the molecule is C=C1C(=O)OC2C=C(C=O)CCC=C(C(=O)OC)CCC12. The van der Waals surface area contributed by atoms with E-state index < -0.39 is 12.1 Å². The molecule has 1 aliphatic carbocycles. The van der Waals surface area contributed by atoms with E-state index >= 15 is 0 Å². The highest BCUT2D eigenvalue weighted by Gasteiger charge is 2.37. The maximum atomic E-state index is 11.7. The number of methoxy groups -OCH3 is 1. The number of aldehydes is 1. The zero-order chi connectivity index (χ0) is 15.4. The van der Waals surface area contributed by atoms with Crippen molar-refractivity contribution in [2.75, 3.05) is 7.11 Å². The third kappa shape index (κ3) is 3.29. The summed E-state index contributed by atoms with van der Waals surface area (Å²) in [5.74, 6) is -1.02. The lowest BCUT2D eigenvalue weighted by Crippen LogP contribution is -2.17. The van der Waals surface area contributed by atoms with E-state index in [2.05, 4.69) is 6.58 Å². The van der Waals surface area contributed by atoms with Crippen molar-refractivity contribution in [2.45, 2.75) is 31.8 Å². The van der Waals surface area contributed by atoms with Crippen LogP contribution in [0.3, 0.4) is 0 Å². The van der Waals surface area contributed by atoms with Crippen molar-refractivity contribution in [3.05, 3.63) is 35.5 Å². The van der Waals surface area contributed by atoms with Crippen molar-refractivity contribution >= 4 is 18.2 Å². The van der Waals surface area contributed by atoms with Gasteiger partial charge in [-0.25, -0.2) is 9.59 Å². The van der Waals surface area contributed by atoms with Gasteiger partial charge in [-0.15, -0.1) is 0 Å². The molecular weight excluding hydrogens is 272 g/mol. The molecule has 0 amide bonds. The Hall–Kier alpha value is -2.17. The molecule has 5 heteroatoms. The third-order valence-electron chi connectivity index (χ3n) is 3.88. The number of carbonyl (C=O) groups is 3. The van der Waals surface area contributed by atoms with Gasteiger partial charge in [0.1, 0.15) is 12.4 Å². The van der Waals surface area contributed by atoms with Gasteiger partial charge in [0.2, 0.25) is 0 Å². The van der Waals surface area contributed by atoms with Crippen LogP contribution in [0.4, 0.5) is 0 Å². The molecule has 0 saturated carbocycles. The molecule has 1 saturated heterocycles. The Labute approximate surface area is 123 Å². The molecule has 0 aromatic rings. The Morgan fingerprint density at radius 1 is 1.48 bits per heavy atom. The zero-order valence-electron chi connectivity index (χ0n) is 12.0. The van der Waals surface area contributed by atoms with Gasteiger partial charge >= 0.3 is 11.9 Å². The van der Waals surface area contributed by atoms with E-state index in [-0.39, 0.29) is 11.9 Å². The minimum Gasteiger partial charge on any atom is -0.466 e. The lowest BCUT2D eigenvalue weighted by Gasteiger charge is -2.17. The predicted octanol–water partition coefficient (Wildman–Crippen LogP) is 1.88. The molecule has 2 atom stereocenters. The number of carbonyl (C=O) groups excluding carboxylic acids is 3. The Morgan fingerprint density at radius 3 is 2.90 bits per heavy atom. The van der Waals surface area contributed by atoms with Gasteiger partial charge in [-0.3, -0.25) is 4.79 Å². The Morgan fingerprint density at radius 2 is 2.24 bits per heavy atom. The summed E-state index contributed by atoms with van der Waals surface area (Å²) in [5.41, 5.74) is 1.52. The van der Waals surface area contributed by atoms with E-state index in [4.69, 9.17) is 9.47 Å². The number of allylic oxidation sites excluding steroid dienone is 2. The number of ether oxygens (including phenoxy) is 2. The molecule has 2 aliphatic rings. The van der Waals surface area contributed by atoms with Crippen LogP contribution in [-0.2, 0) is 23.9 Å². The van der Waals surface area contributed by atoms with Gasteiger partial charge in [-0.1, -0.05) is 12.7 Å². The molecule has 5 nitrogen and oxygen atoms in total. The third-order valence-corrected chi connectivity index (χ3v) is 3.88. The summed E-state index contributed by atoms with van der Waals surface area (Å²) in [4.78, 5) is 34.5. The molecule has 0 aromatic heterocycles. The summed E-state index contributed by atoms with van der Waals surface area (Å²) in [5, 5.41) is 0. The lowest BCUT2D eigenvalue weighted by atomic mass is 9.88. The summed E-state index contributed by atoms with van der Waals surface area (Å²) in [7, 11) is 1.34. The van der Waals surface area contributed by atoms with Crippen LogP contribution in [0.2, 0.25) is 0 Å². The Balaban J connectivity index is 2.29. The number of hydrogen-bond acceptors (Lipinski definition) is 5. The van der Waals surface area contributed by atoms with Crippen molar-refractivity contribution in [3.8, 4) is 0 Å². The second-order valence-corrected chi connectivity index (χ2v) is 5.16. The minimum atomic E-state index is -0.470. The monoisotopic (exact) mass is 290 g/mol. The van der Waals surface area contributed by atoms with E-state index in [1.807, 2.05) is 0 Å². The normalized spacial score (nSPS) is 26.1. The van der Waals surface area contributed by atoms with E-state index in [9.17, 15) is 14.4 Å². The van der Waals surface area contributed by atoms with Crippen LogP contribution in [0.5, 0.6) is 0 Å². The molecule has 1 aliphatic heterocycles. The van der Waals surface area contributed by atoms with Crippen molar-refractivity contribution in [1.29, 1.82) is 0 Å². The minimum absolute atomic E-state index is 0.210. The molecule has 2 unspecified atom stereocenters. The van der Waals surface area contributed by atoms with E-state index in [0.717, 1.165) is 6.29 Å². The number of hydrogen-bond donors (Lipinski definition) is 0. The van der Waals surface area contributed by atoms with E-state index in [1.165, 1.54) is 7.11 Å². The van der Waals surface area contributed by atoms with E-state index in [0.29, 0.717) is 42.4 Å². The molecule has 0 bridgehead atoms. The average molecular weight is 290 g/mol. The Kier molecular flexibility index (Phi) is 4.73. The molecule has 1 heterocycles. The van der Waals surface area contributed by atoms with Crippen LogP contribution < -0.4 is 0 Å². The number of rotatable bonds is 2. The first-order valence-electron chi connectivity index (χ1n) is 6.89. The van der Waals surface area contributed by atoms with E-state index in [1.54, 1.807) is 12.2 Å². The fourth-order valence-electron chi connectivity index (χ4n) is 2.65. The molecule has 0 radical (unpaired) electrons. The zero-order valence-corrected chi connectivity index (χ0v) is 12.0. The van der Waals surface area contributed by atoms with Gasteiger partial charge in [0.25, 0.3) is 0 Å². The van der Waals surface area contributed by atoms with Crippen LogP contribution in [0, 0.1) is 5.92 Å². The lowest BCUT2D eigenvalue weighted by molar-refractivity contribution is -0.138. The molecular formula is C16H18O5. The van der Waals surface area contributed by atoms with Crippen molar-refractivity contribution in [1.82, 2.24) is 0 Å². The fourth-order valence-corrected chi connectivity index (χ4v) is 2.65. The van der Waals surface area contributed by atoms with Crippen LogP contribution in [0.15, 0.2) is 35.5 Å². The molecule has 1 fully saturated rings. The highest BCUT2D eigenvalue weighted by atomic mass is 16.6. The summed E-state index contributed by atoms with van der Waals surface area (Å²) in [6.07, 6.45) is 5.90. The van der Waals surface area contributed by atoms with Crippen molar-refractivity contribution in [2.24, 2.45) is 5.92 Å². The van der Waals surface area contributed by atoms with Crippen LogP contribution in [-0.4, -0.2) is 31.4 Å². The van der Waals surface area contributed by atoms with Crippen LogP contribution in [0.25, 0.3) is 0 Å². The second kappa shape index (κ2) is 6.52. The van der Waals surface area contributed by atoms with Crippen LogP contribution >= 0.6 is 0 Å². The summed E-state index contributed by atoms with van der Waals surface area (Å²) in [6.45, 7) is 3.76. The van der Waals surface area contributed by atoms with Gasteiger partial charge in [0.15, 0.2) is 0 Å². The van der Waals surface area contributed by atoms with Gasteiger partial charge in [0.05, 0.1) is 7.11 Å². The van der Waals surface area contributed by atoms with Gasteiger partial charge < -0.3 is 9.47 Å². The summed E-state index contributed by atoms with van der Waals surface area (Å²) >= 11 is 0. The molecule has 0 N–H and O–H groups in total. The number of fused-ring (bicyclic) bond motifs is 1. The quantitative estimate of drug-likeness (QED) is 0.441. The maximum Gasteiger partial charge on any atom is 0.334 e. The smallest absolute Gasteiger partial charge is 0.334 e. The molecule has 0 aromatic carbocycles. The molecule has 112 valence electrons. The molecule has 2 rings (SSSR count). The Bertz CT molecular complexity index is 541. The predicted molar refractivity (Wildman–Crippen MR) is 75.2 cm³/mol. The van der Waals surface area contributed by atoms with Gasteiger partial charge in [-0.05, 0) is 37.3 Å². The van der Waals surface area contributed by atoms with Crippen molar-refractivity contribution < 1.29 is 23.9 Å². The summed E-state index contributed by atoms with van der Waals surface area (Å²) < 4.78 is 10.0. The van der Waals surface area contributed by atoms with Crippen LogP contribution in [0.1, 0.15) is 25.7 Å². The average Bonchev–Trinajstić information content (AvgIpc) is 2.76. The van der Waals surface area contributed by atoms with Gasteiger partial charge in [-0.2, -0.15) is 0 Å². The number of esters is 2. The molecule has 0 spiro atoms. The first kappa shape index (κ1) is 15.2. The second-order valence-electron chi connectivity index (χ2n) is 5.16. The van der Waals surface area contributed by atoms with Gasteiger partial charge in [0, 0.05) is 17.1 Å². The molecule has 21 heavy (non-hydrogen) atoms. The topological polar surface area (TPSA) is 69.7 Å². The highest BCUT2D eigenvalue weighted by Crippen LogP contribution is 2.34. The highest BCUT2D eigenvalue weighted by molar-refractivity contribution is 5.91. The van der Waals surface area contributed by atoms with Crippen molar-refractivity contribution in [3.63, 3.8) is 0 Å². The largest absolute Gasteiger partial charge is 0.466 e. The fraction of sp³-hybridized carbons (Fsp3) is 0.438. The first-order valence-corrected chi connectivity index (χ1v) is 6.89. The summed E-state index contributed by atoms with van der Waals surface area (Å²) in [6, 6.07) is 0.